The third-order valence-electron chi connectivity index (χ3n) is 3.51. The number of carbonyl (C=O) groups is 1. The van der Waals surface area contributed by atoms with Gasteiger partial charge in [0, 0.05) is 6.54 Å². The molecule has 0 saturated carbocycles. The van der Waals surface area contributed by atoms with Gasteiger partial charge in [-0.25, -0.2) is 4.39 Å². The van der Waals surface area contributed by atoms with Crippen molar-refractivity contribution in [3.05, 3.63) is 35.6 Å². The number of rotatable bonds is 4. The zero-order valence-electron chi connectivity index (χ0n) is 10.6. The van der Waals surface area contributed by atoms with E-state index in [-0.39, 0.29) is 25.0 Å². The lowest BCUT2D eigenvalue weighted by Gasteiger charge is -2.24. The molecule has 0 radical (unpaired) electrons. The van der Waals surface area contributed by atoms with E-state index in [1.54, 1.807) is 11.0 Å². The SMILES string of the molecule is O=C(CC(O)c1cccc(F)c1)N1CCCC1CO. The van der Waals surface area contributed by atoms with E-state index >= 15 is 0 Å². The summed E-state index contributed by atoms with van der Waals surface area (Å²) in [5.74, 6) is -0.633. The monoisotopic (exact) mass is 267 g/mol. The van der Waals surface area contributed by atoms with E-state index in [9.17, 15) is 14.3 Å². The summed E-state index contributed by atoms with van der Waals surface area (Å²) < 4.78 is 13.0. The van der Waals surface area contributed by atoms with Crippen LogP contribution in [0.5, 0.6) is 0 Å². The average molecular weight is 267 g/mol. The molecular weight excluding hydrogens is 249 g/mol. The molecule has 0 bridgehead atoms. The summed E-state index contributed by atoms with van der Waals surface area (Å²) in [7, 11) is 0. The molecule has 5 heteroatoms. The minimum absolute atomic E-state index is 0.0538. The fraction of sp³-hybridized carbons (Fsp3) is 0.500. The first kappa shape index (κ1) is 14.0. The second kappa shape index (κ2) is 6.12. The summed E-state index contributed by atoms with van der Waals surface area (Å²) in [6.45, 7) is 0.557. The van der Waals surface area contributed by atoms with Crippen molar-refractivity contribution in [1.82, 2.24) is 4.90 Å². The molecule has 1 aromatic rings. The highest BCUT2D eigenvalue weighted by Gasteiger charge is 2.29. The van der Waals surface area contributed by atoms with Crippen LogP contribution < -0.4 is 0 Å². The Kier molecular flexibility index (Phi) is 4.50. The predicted molar refractivity (Wildman–Crippen MR) is 67.8 cm³/mol. The van der Waals surface area contributed by atoms with E-state index in [1.165, 1.54) is 18.2 Å². The second-order valence-corrected chi connectivity index (χ2v) is 4.84. The van der Waals surface area contributed by atoms with Gasteiger partial charge in [-0.05, 0) is 30.5 Å². The van der Waals surface area contributed by atoms with Crippen LogP contribution in [-0.4, -0.2) is 40.2 Å². The maximum atomic E-state index is 13.0. The van der Waals surface area contributed by atoms with Gasteiger partial charge in [-0.15, -0.1) is 0 Å². The molecule has 2 N–H and O–H groups in total. The van der Waals surface area contributed by atoms with Gasteiger partial charge in [-0.2, -0.15) is 0 Å². The normalized spacial score (nSPS) is 20.6. The number of aliphatic hydroxyl groups excluding tert-OH is 2. The minimum atomic E-state index is -1.01. The summed E-state index contributed by atoms with van der Waals surface area (Å²) in [5, 5.41) is 19.1. The summed E-state index contributed by atoms with van der Waals surface area (Å²) in [6, 6.07) is 5.47. The average Bonchev–Trinajstić information content (AvgIpc) is 2.87. The highest BCUT2D eigenvalue weighted by molar-refractivity contribution is 5.77. The van der Waals surface area contributed by atoms with Gasteiger partial charge in [-0.3, -0.25) is 4.79 Å². The van der Waals surface area contributed by atoms with Crippen LogP contribution in [0.3, 0.4) is 0 Å². The Morgan fingerprint density at radius 1 is 1.53 bits per heavy atom. The molecule has 1 heterocycles. The van der Waals surface area contributed by atoms with Gasteiger partial charge in [-0.1, -0.05) is 12.1 Å². The first-order chi connectivity index (χ1) is 9.11. The zero-order valence-corrected chi connectivity index (χ0v) is 10.6. The van der Waals surface area contributed by atoms with Crippen molar-refractivity contribution in [3.8, 4) is 0 Å². The van der Waals surface area contributed by atoms with Crippen LogP contribution >= 0.6 is 0 Å². The number of hydrogen-bond donors (Lipinski definition) is 2. The van der Waals surface area contributed by atoms with Crippen LogP contribution in [0.15, 0.2) is 24.3 Å². The molecule has 1 aromatic carbocycles. The lowest BCUT2D eigenvalue weighted by molar-refractivity contribution is -0.134. The topological polar surface area (TPSA) is 60.8 Å². The lowest BCUT2D eigenvalue weighted by atomic mass is 10.1. The third-order valence-corrected chi connectivity index (χ3v) is 3.51. The van der Waals surface area contributed by atoms with Gasteiger partial charge in [0.2, 0.25) is 5.91 Å². The van der Waals surface area contributed by atoms with Crippen molar-refractivity contribution in [3.63, 3.8) is 0 Å². The quantitative estimate of drug-likeness (QED) is 0.862. The van der Waals surface area contributed by atoms with Gasteiger partial charge in [0.25, 0.3) is 0 Å². The van der Waals surface area contributed by atoms with Crippen molar-refractivity contribution in [2.75, 3.05) is 13.2 Å². The van der Waals surface area contributed by atoms with Crippen LogP contribution in [0.4, 0.5) is 4.39 Å². The van der Waals surface area contributed by atoms with E-state index in [0.29, 0.717) is 12.1 Å². The van der Waals surface area contributed by atoms with E-state index in [2.05, 4.69) is 0 Å². The molecule has 104 valence electrons. The van der Waals surface area contributed by atoms with Crippen LogP contribution in [0.1, 0.15) is 30.9 Å². The first-order valence-electron chi connectivity index (χ1n) is 6.45. The van der Waals surface area contributed by atoms with Gasteiger partial charge >= 0.3 is 0 Å². The highest BCUT2D eigenvalue weighted by atomic mass is 19.1. The molecular formula is C14H18FNO3. The van der Waals surface area contributed by atoms with Gasteiger partial charge < -0.3 is 15.1 Å². The van der Waals surface area contributed by atoms with Crippen LogP contribution in [-0.2, 0) is 4.79 Å². The molecule has 0 aliphatic carbocycles. The van der Waals surface area contributed by atoms with Crippen LogP contribution in [0.2, 0.25) is 0 Å². The first-order valence-corrected chi connectivity index (χ1v) is 6.45. The van der Waals surface area contributed by atoms with Crippen molar-refractivity contribution in [2.45, 2.75) is 31.4 Å². The number of aliphatic hydroxyl groups is 2. The van der Waals surface area contributed by atoms with Crippen molar-refractivity contribution in [1.29, 1.82) is 0 Å². The molecule has 2 atom stereocenters. The fourth-order valence-electron chi connectivity index (χ4n) is 2.47. The van der Waals surface area contributed by atoms with Crippen LogP contribution in [0, 0.1) is 5.82 Å². The van der Waals surface area contributed by atoms with Crippen molar-refractivity contribution in [2.24, 2.45) is 0 Å². The van der Waals surface area contributed by atoms with Crippen LogP contribution in [0.25, 0.3) is 0 Å². The minimum Gasteiger partial charge on any atom is -0.394 e. The van der Waals surface area contributed by atoms with E-state index in [1.807, 2.05) is 0 Å². The van der Waals surface area contributed by atoms with E-state index < -0.39 is 11.9 Å². The Hall–Kier alpha value is -1.46. The van der Waals surface area contributed by atoms with Crippen molar-refractivity contribution >= 4 is 5.91 Å². The molecule has 0 spiro atoms. The number of benzene rings is 1. The Balaban J connectivity index is 1.98. The molecule has 19 heavy (non-hydrogen) atoms. The molecule has 4 nitrogen and oxygen atoms in total. The Labute approximate surface area is 111 Å². The fourth-order valence-corrected chi connectivity index (χ4v) is 2.47. The van der Waals surface area contributed by atoms with Crippen molar-refractivity contribution < 1.29 is 19.4 Å². The maximum Gasteiger partial charge on any atom is 0.225 e. The van der Waals surface area contributed by atoms with Gasteiger partial charge in [0.15, 0.2) is 0 Å². The molecule has 1 aliphatic rings. The number of nitrogens with zero attached hydrogens (tertiary/aromatic N) is 1. The molecule has 1 saturated heterocycles. The molecule has 1 amide bonds. The number of amides is 1. The standard InChI is InChI=1S/C14H18FNO3/c15-11-4-1-3-10(7-11)13(18)8-14(19)16-6-2-5-12(16)9-17/h1,3-4,7,12-13,17-18H,2,5-6,8-9H2. The predicted octanol–water partition coefficient (Wildman–Crippen LogP) is 1.23. The summed E-state index contributed by atoms with van der Waals surface area (Å²) in [6.07, 6.45) is 0.564. The molecule has 2 rings (SSSR count). The number of likely N-dealkylation sites (tertiary alicyclic amines) is 1. The Bertz CT molecular complexity index is 452. The smallest absolute Gasteiger partial charge is 0.225 e. The van der Waals surface area contributed by atoms with E-state index in [4.69, 9.17) is 5.11 Å². The van der Waals surface area contributed by atoms with E-state index in [0.717, 1.165) is 12.8 Å². The summed E-state index contributed by atoms with van der Waals surface area (Å²) in [5.41, 5.74) is 0.396. The summed E-state index contributed by atoms with van der Waals surface area (Å²) >= 11 is 0. The Morgan fingerprint density at radius 3 is 3.00 bits per heavy atom. The number of halogens is 1. The molecule has 1 fully saturated rings. The largest absolute Gasteiger partial charge is 0.394 e. The maximum absolute atomic E-state index is 13.0. The third kappa shape index (κ3) is 3.30. The Morgan fingerprint density at radius 2 is 2.32 bits per heavy atom. The lowest BCUT2D eigenvalue weighted by Crippen LogP contribution is -2.38. The summed E-state index contributed by atoms with van der Waals surface area (Å²) in [4.78, 5) is 13.6. The zero-order chi connectivity index (χ0) is 13.8. The number of carbonyl (C=O) groups excluding carboxylic acids is 1. The molecule has 0 aromatic heterocycles. The highest BCUT2D eigenvalue weighted by Crippen LogP contribution is 2.23. The van der Waals surface area contributed by atoms with Gasteiger partial charge in [0.05, 0.1) is 25.2 Å². The second-order valence-electron chi connectivity index (χ2n) is 4.84. The molecule has 2 unspecified atom stereocenters. The van der Waals surface area contributed by atoms with Gasteiger partial charge in [0.1, 0.15) is 5.82 Å². The number of hydrogen-bond acceptors (Lipinski definition) is 3. The molecule has 1 aliphatic heterocycles.